The number of methoxy groups -OCH3 is 1. The van der Waals surface area contributed by atoms with Crippen molar-refractivity contribution in [2.75, 3.05) is 25.5 Å². The Labute approximate surface area is 197 Å². The molecule has 0 saturated carbocycles. The van der Waals surface area contributed by atoms with E-state index in [1.165, 1.54) is 0 Å². The summed E-state index contributed by atoms with van der Waals surface area (Å²) in [5, 5.41) is 12.1. The average molecular weight is 461 g/mol. The van der Waals surface area contributed by atoms with E-state index in [0.29, 0.717) is 30.2 Å². The second kappa shape index (κ2) is 9.78. The van der Waals surface area contributed by atoms with E-state index in [4.69, 9.17) is 4.74 Å². The summed E-state index contributed by atoms with van der Waals surface area (Å²) in [6.45, 7) is 7.40. The van der Waals surface area contributed by atoms with E-state index in [9.17, 15) is 9.59 Å². The molecule has 0 aliphatic heterocycles. The summed E-state index contributed by atoms with van der Waals surface area (Å²) in [7, 11) is 1.60. The van der Waals surface area contributed by atoms with Gasteiger partial charge in [-0.25, -0.2) is 4.68 Å². The molecule has 176 valence electrons. The summed E-state index contributed by atoms with van der Waals surface area (Å²) < 4.78 is 8.79. The van der Waals surface area contributed by atoms with E-state index >= 15 is 0 Å². The number of hydrogen-bond acceptors (Lipinski definition) is 5. The van der Waals surface area contributed by atoms with Crippen LogP contribution in [0.25, 0.3) is 16.6 Å². The van der Waals surface area contributed by atoms with Gasteiger partial charge in [0.05, 0.1) is 18.5 Å². The minimum atomic E-state index is -0.345. The number of likely N-dealkylation sites (N-methyl/N-ethyl adjacent to an activating group) is 1. The Hall–Kier alpha value is -4.14. The fourth-order valence-electron chi connectivity index (χ4n) is 3.95. The van der Waals surface area contributed by atoms with Crippen LogP contribution in [0.5, 0.6) is 5.75 Å². The summed E-state index contributed by atoms with van der Waals surface area (Å²) in [5.74, 6) is 0.425. The molecule has 1 N–H and O–H groups in total. The molecule has 0 spiro atoms. The summed E-state index contributed by atoms with van der Waals surface area (Å²) >= 11 is 0. The number of nitrogens with one attached hydrogen (secondary N) is 1. The first-order valence-corrected chi connectivity index (χ1v) is 11.2. The van der Waals surface area contributed by atoms with Gasteiger partial charge in [-0.05, 0) is 57.2 Å². The van der Waals surface area contributed by atoms with Gasteiger partial charge in [-0.1, -0.05) is 11.3 Å². The van der Waals surface area contributed by atoms with Gasteiger partial charge in [-0.2, -0.15) is 0 Å². The van der Waals surface area contributed by atoms with Gasteiger partial charge in [0, 0.05) is 41.9 Å². The second-order valence-electron chi connectivity index (χ2n) is 7.87. The van der Waals surface area contributed by atoms with Crippen molar-refractivity contribution in [3.8, 4) is 11.4 Å². The molecule has 4 rings (SSSR count). The zero-order valence-electron chi connectivity index (χ0n) is 19.8. The van der Waals surface area contributed by atoms with E-state index < -0.39 is 0 Å². The molecule has 2 aromatic carbocycles. The average Bonchev–Trinajstić information content (AvgIpc) is 3.43. The van der Waals surface area contributed by atoms with Crippen molar-refractivity contribution in [2.24, 2.45) is 0 Å². The zero-order valence-corrected chi connectivity index (χ0v) is 19.8. The van der Waals surface area contributed by atoms with Gasteiger partial charge in [0.25, 0.3) is 5.91 Å². The van der Waals surface area contributed by atoms with Crippen molar-refractivity contribution >= 4 is 28.4 Å². The number of carbonyl (C=O) groups is 2. The predicted octanol–water partition coefficient (Wildman–Crippen LogP) is 3.66. The van der Waals surface area contributed by atoms with Gasteiger partial charge in [0.2, 0.25) is 5.91 Å². The largest absolute Gasteiger partial charge is 0.497 e. The molecule has 9 heteroatoms. The minimum Gasteiger partial charge on any atom is -0.497 e. The van der Waals surface area contributed by atoms with Crippen molar-refractivity contribution in [3.63, 3.8) is 0 Å². The van der Waals surface area contributed by atoms with Gasteiger partial charge in [0.1, 0.15) is 12.3 Å². The highest BCUT2D eigenvalue weighted by molar-refractivity contribution is 6.04. The highest BCUT2D eigenvalue weighted by atomic mass is 16.5. The first-order valence-electron chi connectivity index (χ1n) is 11.2. The lowest BCUT2D eigenvalue weighted by molar-refractivity contribution is -0.131. The Morgan fingerprint density at radius 2 is 1.88 bits per heavy atom. The van der Waals surface area contributed by atoms with Crippen LogP contribution in [0.15, 0.2) is 54.7 Å². The number of ether oxygens (including phenoxy) is 1. The standard InChI is InChI=1S/C25H28N6O3/c1-5-29(6-2)23(32)16-30-13-12-18-14-19(10-11-22(18)30)26-25(33)24-17(3)31(28-27-24)20-8-7-9-21(15-20)34-4/h7-15H,5-6,16H2,1-4H3,(H,26,33). The minimum absolute atomic E-state index is 0.0782. The van der Waals surface area contributed by atoms with Crippen LogP contribution in [0, 0.1) is 6.92 Å². The molecule has 34 heavy (non-hydrogen) atoms. The SMILES string of the molecule is CCN(CC)C(=O)Cn1ccc2cc(NC(=O)c3nnn(-c4cccc(OC)c4)c3C)ccc21. The lowest BCUT2D eigenvalue weighted by Crippen LogP contribution is -2.33. The molecule has 0 radical (unpaired) electrons. The lowest BCUT2D eigenvalue weighted by Gasteiger charge is -2.19. The Morgan fingerprint density at radius 1 is 1.09 bits per heavy atom. The third-order valence-electron chi connectivity index (χ3n) is 5.86. The Morgan fingerprint density at radius 3 is 2.62 bits per heavy atom. The van der Waals surface area contributed by atoms with E-state index in [-0.39, 0.29) is 24.1 Å². The Bertz CT molecular complexity index is 1340. The van der Waals surface area contributed by atoms with Gasteiger partial charge < -0.3 is 19.5 Å². The van der Waals surface area contributed by atoms with Crippen LogP contribution >= 0.6 is 0 Å². The van der Waals surface area contributed by atoms with Crippen LogP contribution in [0.2, 0.25) is 0 Å². The molecule has 0 fully saturated rings. The van der Waals surface area contributed by atoms with Crippen LogP contribution in [0.3, 0.4) is 0 Å². The van der Waals surface area contributed by atoms with E-state index in [0.717, 1.165) is 16.6 Å². The summed E-state index contributed by atoms with van der Waals surface area (Å²) in [6.07, 6.45) is 1.89. The normalized spacial score (nSPS) is 10.9. The van der Waals surface area contributed by atoms with Gasteiger partial charge in [-0.3, -0.25) is 9.59 Å². The van der Waals surface area contributed by atoms with E-state index in [1.807, 2.05) is 73.1 Å². The van der Waals surface area contributed by atoms with Crippen molar-refractivity contribution in [1.82, 2.24) is 24.5 Å². The van der Waals surface area contributed by atoms with E-state index in [1.54, 1.807) is 23.6 Å². The third-order valence-corrected chi connectivity index (χ3v) is 5.86. The molecule has 0 bridgehead atoms. The van der Waals surface area contributed by atoms with Crippen molar-refractivity contribution < 1.29 is 14.3 Å². The fraction of sp³-hybridized carbons (Fsp3) is 0.280. The van der Waals surface area contributed by atoms with Crippen LogP contribution in [-0.2, 0) is 11.3 Å². The highest BCUT2D eigenvalue weighted by Gasteiger charge is 2.18. The Kier molecular flexibility index (Phi) is 6.62. The summed E-state index contributed by atoms with van der Waals surface area (Å²) in [5.41, 5.74) is 3.18. The molecule has 4 aromatic rings. The number of amides is 2. The van der Waals surface area contributed by atoms with Crippen LogP contribution in [0.4, 0.5) is 5.69 Å². The zero-order chi connectivity index (χ0) is 24.2. The number of anilines is 1. The van der Waals surface area contributed by atoms with Crippen LogP contribution in [0.1, 0.15) is 30.0 Å². The molecule has 2 heterocycles. The highest BCUT2D eigenvalue weighted by Crippen LogP contribution is 2.22. The Balaban J connectivity index is 1.51. The lowest BCUT2D eigenvalue weighted by atomic mass is 10.2. The number of benzene rings is 2. The monoisotopic (exact) mass is 460 g/mol. The van der Waals surface area contributed by atoms with Crippen molar-refractivity contribution in [1.29, 1.82) is 0 Å². The topological polar surface area (TPSA) is 94.3 Å². The molecule has 0 aliphatic carbocycles. The predicted molar refractivity (Wildman–Crippen MR) is 130 cm³/mol. The summed E-state index contributed by atoms with van der Waals surface area (Å²) in [6, 6.07) is 14.9. The van der Waals surface area contributed by atoms with Crippen molar-refractivity contribution in [3.05, 3.63) is 66.1 Å². The number of nitrogens with zero attached hydrogens (tertiary/aromatic N) is 5. The maximum absolute atomic E-state index is 12.9. The van der Waals surface area contributed by atoms with Gasteiger partial charge in [-0.15, -0.1) is 5.10 Å². The molecule has 0 atom stereocenters. The molecule has 0 unspecified atom stereocenters. The number of rotatable bonds is 8. The molecule has 2 aromatic heterocycles. The van der Waals surface area contributed by atoms with E-state index in [2.05, 4.69) is 15.6 Å². The fourth-order valence-corrected chi connectivity index (χ4v) is 3.95. The number of hydrogen-bond donors (Lipinski definition) is 1. The van der Waals surface area contributed by atoms with Crippen molar-refractivity contribution in [2.45, 2.75) is 27.3 Å². The molecule has 2 amide bonds. The molecule has 0 saturated heterocycles. The molecule has 9 nitrogen and oxygen atoms in total. The maximum atomic E-state index is 12.9. The first-order chi connectivity index (χ1) is 16.4. The quantitative estimate of drug-likeness (QED) is 0.433. The molecular weight excluding hydrogens is 432 g/mol. The van der Waals surface area contributed by atoms with Crippen LogP contribution < -0.4 is 10.1 Å². The number of aromatic nitrogens is 4. The van der Waals surface area contributed by atoms with Gasteiger partial charge in [0.15, 0.2) is 5.69 Å². The molecule has 0 aliphatic rings. The smallest absolute Gasteiger partial charge is 0.278 e. The van der Waals surface area contributed by atoms with Gasteiger partial charge >= 0.3 is 0 Å². The number of fused-ring (bicyclic) bond motifs is 1. The maximum Gasteiger partial charge on any atom is 0.278 e. The summed E-state index contributed by atoms with van der Waals surface area (Å²) in [4.78, 5) is 27.2. The molecular formula is C25H28N6O3. The third kappa shape index (κ3) is 4.50. The second-order valence-corrected chi connectivity index (χ2v) is 7.87. The van der Waals surface area contributed by atoms with Crippen LogP contribution in [-0.4, -0.2) is 56.5 Å². The number of carbonyl (C=O) groups excluding carboxylic acids is 2. The first kappa shape index (κ1) is 23.0.